The highest BCUT2D eigenvalue weighted by molar-refractivity contribution is 5.87. The summed E-state index contributed by atoms with van der Waals surface area (Å²) in [7, 11) is 3.23. The van der Waals surface area contributed by atoms with Gasteiger partial charge >= 0.3 is 0 Å². The van der Waals surface area contributed by atoms with Crippen LogP contribution in [-0.2, 0) is 29.1 Å². The Bertz CT molecular complexity index is 1030. The van der Waals surface area contributed by atoms with Gasteiger partial charge in [0.25, 0.3) is 0 Å². The molecule has 0 bridgehead atoms. The summed E-state index contributed by atoms with van der Waals surface area (Å²) in [5, 5.41) is 3.00. The minimum atomic E-state index is -0.648. The molecular weight excluding hydrogens is 416 g/mol. The van der Waals surface area contributed by atoms with Crippen molar-refractivity contribution in [3.05, 3.63) is 95.6 Å². The number of methoxy groups -OCH3 is 2. The van der Waals surface area contributed by atoms with Crippen LogP contribution in [-0.4, -0.2) is 37.0 Å². The predicted molar refractivity (Wildman–Crippen MR) is 128 cm³/mol. The Labute approximate surface area is 195 Å². The van der Waals surface area contributed by atoms with Crippen LogP contribution in [0.3, 0.4) is 0 Å². The summed E-state index contributed by atoms with van der Waals surface area (Å²) in [6, 6.07) is 24.1. The zero-order chi connectivity index (χ0) is 23.6. The molecule has 0 saturated carbocycles. The van der Waals surface area contributed by atoms with Crippen molar-refractivity contribution in [2.45, 2.75) is 32.5 Å². The summed E-state index contributed by atoms with van der Waals surface area (Å²) in [6.45, 7) is 2.19. The topological polar surface area (TPSA) is 67.9 Å². The number of nitrogens with one attached hydrogen (secondary N) is 1. The van der Waals surface area contributed by atoms with E-state index >= 15 is 0 Å². The van der Waals surface area contributed by atoms with Crippen molar-refractivity contribution in [1.29, 1.82) is 0 Å². The molecule has 0 aliphatic heterocycles. The molecule has 0 heterocycles. The molecule has 0 unspecified atom stereocenters. The Morgan fingerprint density at radius 2 is 1.33 bits per heavy atom. The molecule has 0 fully saturated rings. The Hall–Kier alpha value is -3.80. The number of hydrogen-bond acceptors (Lipinski definition) is 4. The lowest BCUT2D eigenvalue weighted by atomic mass is 10.0. The van der Waals surface area contributed by atoms with E-state index in [1.54, 1.807) is 19.1 Å². The van der Waals surface area contributed by atoms with Crippen LogP contribution in [0.5, 0.6) is 11.5 Å². The van der Waals surface area contributed by atoms with Gasteiger partial charge in [-0.1, -0.05) is 54.6 Å². The van der Waals surface area contributed by atoms with Crippen LogP contribution in [0.2, 0.25) is 0 Å². The van der Waals surface area contributed by atoms with E-state index in [0.717, 1.165) is 28.2 Å². The molecule has 33 heavy (non-hydrogen) atoms. The molecule has 172 valence electrons. The van der Waals surface area contributed by atoms with Crippen LogP contribution in [0.1, 0.15) is 23.6 Å². The van der Waals surface area contributed by atoms with Crippen LogP contribution in [0.25, 0.3) is 0 Å². The maximum absolute atomic E-state index is 13.3. The van der Waals surface area contributed by atoms with E-state index in [0.29, 0.717) is 19.5 Å². The largest absolute Gasteiger partial charge is 0.497 e. The molecule has 0 radical (unpaired) electrons. The molecule has 1 N–H and O–H groups in total. The van der Waals surface area contributed by atoms with Crippen LogP contribution in [0.4, 0.5) is 0 Å². The van der Waals surface area contributed by atoms with Gasteiger partial charge in [-0.05, 0) is 41.0 Å². The molecule has 0 aliphatic carbocycles. The lowest BCUT2D eigenvalue weighted by Crippen LogP contribution is -2.49. The fourth-order valence-corrected chi connectivity index (χ4v) is 3.60. The van der Waals surface area contributed by atoms with E-state index in [-0.39, 0.29) is 11.8 Å². The van der Waals surface area contributed by atoms with Crippen molar-refractivity contribution in [3.63, 3.8) is 0 Å². The normalized spacial score (nSPS) is 11.4. The second kappa shape index (κ2) is 11.7. The number of ether oxygens (including phenoxy) is 2. The Morgan fingerprint density at radius 3 is 1.85 bits per heavy atom. The lowest BCUT2D eigenvalue weighted by molar-refractivity contribution is -0.139. The van der Waals surface area contributed by atoms with Gasteiger partial charge in [-0.2, -0.15) is 0 Å². The second-order valence-corrected chi connectivity index (χ2v) is 7.77. The minimum Gasteiger partial charge on any atom is -0.497 e. The van der Waals surface area contributed by atoms with Gasteiger partial charge in [-0.3, -0.25) is 9.59 Å². The third-order valence-electron chi connectivity index (χ3n) is 5.49. The van der Waals surface area contributed by atoms with Gasteiger partial charge in [0, 0.05) is 26.4 Å². The fourth-order valence-electron chi connectivity index (χ4n) is 3.60. The molecule has 3 aromatic carbocycles. The van der Waals surface area contributed by atoms with E-state index in [2.05, 4.69) is 5.32 Å². The summed E-state index contributed by atoms with van der Waals surface area (Å²) in [4.78, 5) is 27.6. The summed E-state index contributed by atoms with van der Waals surface area (Å²) in [5.74, 6) is 1.14. The molecular formula is C27H30N2O4. The molecule has 0 aromatic heterocycles. The first-order valence-corrected chi connectivity index (χ1v) is 10.8. The van der Waals surface area contributed by atoms with Gasteiger partial charge in [0.15, 0.2) is 0 Å². The molecule has 2 amide bonds. The summed E-state index contributed by atoms with van der Waals surface area (Å²) < 4.78 is 10.4. The number of hydrogen-bond donors (Lipinski definition) is 1. The van der Waals surface area contributed by atoms with Crippen LogP contribution in [0.15, 0.2) is 78.9 Å². The highest BCUT2D eigenvalue weighted by Crippen LogP contribution is 2.18. The molecule has 0 saturated heterocycles. The first-order chi connectivity index (χ1) is 16.0. The summed E-state index contributed by atoms with van der Waals surface area (Å²) in [5.41, 5.74) is 2.86. The average Bonchev–Trinajstić information content (AvgIpc) is 2.85. The average molecular weight is 447 g/mol. The predicted octanol–water partition coefficient (Wildman–Crippen LogP) is 3.98. The third kappa shape index (κ3) is 6.84. The van der Waals surface area contributed by atoms with E-state index in [9.17, 15) is 9.59 Å². The molecule has 0 spiro atoms. The first kappa shape index (κ1) is 23.9. The van der Waals surface area contributed by atoms with Crippen LogP contribution in [0, 0.1) is 0 Å². The quantitative estimate of drug-likeness (QED) is 0.512. The number of carbonyl (C=O) groups excluding carboxylic acids is 2. The first-order valence-electron chi connectivity index (χ1n) is 10.8. The van der Waals surface area contributed by atoms with E-state index in [4.69, 9.17) is 9.47 Å². The maximum Gasteiger partial charge on any atom is 0.243 e. The van der Waals surface area contributed by atoms with Gasteiger partial charge in [-0.15, -0.1) is 0 Å². The monoisotopic (exact) mass is 446 g/mol. The van der Waals surface area contributed by atoms with E-state index < -0.39 is 6.04 Å². The zero-order valence-corrected chi connectivity index (χ0v) is 19.3. The van der Waals surface area contributed by atoms with Gasteiger partial charge in [0.1, 0.15) is 17.5 Å². The Kier molecular flexibility index (Phi) is 8.47. The smallest absolute Gasteiger partial charge is 0.243 e. The standard InChI is InChI=1S/C27H30N2O4/c1-20(30)29(19-23-11-15-25(33-3)16-12-23)26(17-21-7-5-4-6-8-21)27(31)28-18-22-9-13-24(32-2)14-10-22/h4-16,26H,17-19H2,1-3H3,(H,28,31)/t26-/m1/s1. The Morgan fingerprint density at radius 1 is 0.788 bits per heavy atom. The SMILES string of the molecule is COc1ccc(CNC(=O)[C@@H](Cc2ccccc2)N(Cc2ccc(OC)cc2)C(C)=O)cc1. The minimum absolute atomic E-state index is 0.161. The van der Waals surface area contributed by atoms with Gasteiger partial charge in [-0.25, -0.2) is 0 Å². The van der Waals surface area contributed by atoms with Crippen molar-refractivity contribution in [1.82, 2.24) is 10.2 Å². The molecule has 1 atom stereocenters. The van der Waals surface area contributed by atoms with Crippen molar-refractivity contribution < 1.29 is 19.1 Å². The zero-order valence-electron chi connectivity index (χ0n) is 19.3. The number of rotatable bonds is 10. The van der Waals surface area contributed by atoms with E-state index in [1.165, 1.54) is 6.92 Å². The van der Waals surface area contributed by atoms with Crippen LogP contribution >= 0.6 is 0 Å². The lowest BCUT2D eigenvalue weighted by Gasteiger charge is -2.30. The van der Waals surface area contributed by atoms with Gasteiger partial charge < -0.3 is 19.7 Å². The van der Waals surface area contributed by atoms with Crippen LogP contribution < -0.4 is 14.8 Å². The number of carbonyl (C=O) groups is 2. The van der Waals surface area contributed by atoms with Crippen molar-refractivity contribution >= 4 is 11.8 Å². The number of benzene rings is 3. The highest BCUT2D eigenvalue weighted by Gasteiger charge is 2.28. The Balaban J connectivity index is 1.80. The van der Waals surface area contributed by atoms with Crippen molar-refractivity contribution in [2.24, 2.45) is 0 Å². The third-order valence-corrected chi connectivity index (χ3v) is 5.49. The molecule has 3 aromatic rings. The van der Waals surface area contributed by atoms with Gasteiger partial charge in [0.05, 0.1) is 14.2 Å². The maximum atomic E-state index is 13.3. The van der Waals surface area contributed by atoms with Crippen molar-refractivity contribution in [3.8, 4) is 11.5 Å². The summed E-state index contributed by atoms with van der Waals surface area (Å²) in [6.07, 6.45) is 0.422. The molecule has 3 rings (SSSR count). The number of amides is 2. The molecule has 6 heteroatoms. The fraction of sp³-hybridized carbons (Fsp3) is 0.259. The van der Waals surface area contributed by atoms with Gasteiger partial charge in [0.2, 0.25) is 11.8 Å². The molecule has 6 nitrogen and oxygen atoms in total. The van der Waals surface area contributed by atoms with E-state index in [1.807, 2.05) is 78.9 Å². The summed E-state index contributed by atoms with van der Waals surface area (Å²) >= 11 is 0. The second-order valence-electron chi connectivity index (χ2n) is 7.77. The highest BCUT2D eigenvalue weighted by atomic mass is 16.5. The molecule has 0 aliphatic rings. The number of nitrogens with zero attached hydrogens (tertiary/aromatic N) is 1. The van der Waals surface area contributed by atoms with Crippen molar-refractivity contribution in [2.75, 3.05) is 14.2 Å².